The molecule has 33 heavy (non-hydrogen) atoms. The summed E-state index contributed by atoms with van der Waals surface area (Å²) in [6.07, 6.45) is 5.88. The van der Waals surface area contributed by atoms with Gasteiger partial charge < -0.3 is 14.5 Å². The van der Waals surface area contributed by atoms with Crippen LogP contribution in [0.5, 0.6) is 5.75 Å². The van der Waals surface area contributed by atoms with Crippen LogP contribution in [0.25, 0.3) is 0 Å². The fourth-order valence-corrected chi connectivity index (χ4v) is 5.34. The van der Waals surface area contributed by atoms with Crippen LogP contribution < -0.4 is 4.74 Å². The minimum Gasteiger partial charge on any atom is -0.491 e. The molecule has 2 aliphatic rings. The first kappa shape index (κ1) is 23.3. The Morgan fingerprint density at radius 3 is 2.61 bits per heavy atom. The number of para-hydroxylation sites is 1. The highest BCUT2D eigenvalue weighted by Crippen LogP contribution is 2.38. The topological polar surface area (TPSA) is 49.9 Å². The molecule has 176 valence electrons. The Bertz CT molecular complexity index is 989. The molecule has 1 spiro atoms. The van der Waals surface area contributed by atoms with Gasteiger partial charge in [-0.25, -0.2) is 0 Å². The summed E-state index contributed by atoms with van der Waals surface area (Å²) in [6, 6.07) is 16.3. The third kappa shape index (κ3) is 5.40. The van der Waals surface area contributed by atoms with E-state index in [0.29, 0.717) is 26.1 Å². The highest BCUT2D eigenvalue weighted by atomic mass is 16.5. The predicted molar refractivity (Wildman–Crippen MR) is 130 cm³/mol. The lowest BCUT2D eigenvalue weighted by Gasteiger charge is -2.44. The molecule has 0 aromatic heterocycles. The lowest BCUT2D eigenvalue weighted by atomic mass is 9.74. The molecule has 2 aromatic carbocycles. The van der Waals surface area contributed by atoms with Crippen molar-refractivity contribution in [1.82, 2.24) is 9.80 Å². The quantitative estimate of drug-likeness (QED) is 0.684. The number of hydrogen-bond acceptors (Lipinski definition) is 3. The number of amides is 2. The zero-order valence-electron chi connectivity index (χ0n) is 20.0. The van der Waals surface area contributed by atoms with Crippen molar-refractivity contribution in [3.8, 4) is 5.75 Å². The fraction of sp³-hybridized carbons (Fsp3) is 0.500. The van der Waals surface area contributed by atoms with Crippen molar-refractivity contribution in [2.75, 3.05) is 33.3 Å². The minimum absolute atomic E-state index is 0.127. The molecule has 2 heterocycles. The van der Waals surface area contributed by atoms with E-state index in [-0.39, 0.29) is 11.8 Å². The third-order valence-corrected chi connectivity index (χ3v) is 7.34. The number of rotatable bonds is 2. The second-order valence-corrected chi connectivity index (χ2v) is 9.69. The van der Waals surface area contributed by atoms with Crippen LogP contribution in [0.2, 0.25) is 0 Å². The highest BCUT2D eigenvalue weighted by Gasteiger charge is 2.44. The van der Waals surface area contributed by atoms with Crippen LogP contribution >= 0.6 is 0 Å². The molecule has 0 aliphatic carbocycles. The first-order valence-electron chi connectivity index (χ1n) is 12.3. The Labute approximate surface area is 197 Å². The molecule has 1 fully saturated rings. The van der Waals surface area contributed by atoms with E-state index in [4.69, 9.17) is 4.74 Å². The van der Waals surface area contributed by atoms with E-state index >= 15 is 0 Å². The molecular weight excluding hydrogens is 412 g/mol. The molecule has 2 aliphatic heterocycles. The molecule has 2 amide bonds. The van der Waals surface area contributed by atoms with Crippen molar-refractivity contribution in [2.24, 2.45) is 5.41 Å². The third-order valence-electron chi connectivity index (χ3n) is 7.34. The molecule has 5 heteroatoms. The Morgan fingerprint density at radius 1 is 1.00 bits per heavy atom. The van der Waals surface area contributed by atoms with Crippen LogP contribution in [-0.4, -0.2) is 54.9 Å². The number of benzene rings is 2. The maximum atomic E-state index is 13.7. The largest absolute Gasteiger partial charge is 0.491 e. The number of aryl methyl sites for hydroxylation is 2. The molecular formula is C28H36N2O3. The molecule has 2 aromatic rings. The number of carbonyl (C=O) groups excluding carboxylic acids is 2. The predicted octanol–water partition coefficient (Wildman–Crippen LogP) is 4.41. The number of piperidine rings is 1. The van der Waals surface area contributed by atoms with Gasteiger partial charge in [0.25, 0.3) is 0 Å². The van der Waals surface area contributed by atoms with Gasteiger partial charge in [0.05, 0.1) is 18.4 Å². The zero-order valence-corrected chi connectivity index (χ0v) is 20.0. The Hall–Kier alpha value is -2.82. The molecule has 5 nitrogen and oxygen atoms in total. The maximum Gasteiger partial charge on any atom is 0.230 e. The first-order chi connectivity index (χ1) is 16.0. The Balaban J connectivity index is 1.50. The van der Waals surface area contributed by atoms with Gasteiger partial charge in [-0.15, -0.1) is 0 Å². The second-order valence-electron chi connectivity index (χ2n) is 9.69. The standard InChI is InChI=1S/C28H36N2O3/c1-22-10-3-4-13-24(22)20-26(31)30-17-9-16-28(21-30)15-8-7-12-23-11-5-6-14-25(23)33-19-18-29(2)27(28)32/h3-6,10-11,13-14H,7-9,12,15-21H2,1-2H3. The normalized spacial score (nSPS) is 22.2. The average Bonchev–Trinajstić information content (AvgIpc) is 2.83. The number of fused-ring (bicyclic) bond motifs is 1. The van der Waals surface area contributed by atoms with E-state index in [1.54, 1.807) is 0 Å². The van der Waals surface area contributed by atoms with Crippen molar-refractivity contribution < 1.29 is 14.3 Å². The van der Waals surface area contributed by atoms with Crippen molar-refractivity contribution in [2.45, 2.75) is 51.9 Å². The van der Waals surface area contributed by atoms with Gasteiger partial charge in [0.2, 0.25) is 11.8 Å². The van der Waals surface area contributed by atoms with Gasteiger partial charge in [-0.1, -0.05) is 48.9 Å². The number of ether oxygens (including phenoxy) is 1. The molecule has 1 unspecified atom stereocenters. The monoisotopic (exact) mass is 448 g/mol. The number of carbonyl (C=O) groups is 2. The van der Waals surface area contributed by atoms with Gasteiger partial charge in [-0.2, -0.15) is 0 Å². The lowest BCUT2D eigenvalue weighted by Crippen LogP contribution is -2.54. The van der Waals surface area contributed by atoms with Gasteiger partial charge in [0.1, 0.15) is 12.4 Å². The van der Waals surface area contributed by atoms with Gasteiger partial charge in [0, 0.05) is 20.1 Å². The summed E-state index contributed by atoms with van der Waals surface area (Å²) in [5.74, 6) is 1.22. The Morgan fingerprint density at radius 2 is 1.76 bits per heavy atom. The maximum absolute atomic E-state index is 13.7. The van der Waals surface area contributed by atoms with Crippen LogP contribution in [0.3, 0.4) is 0 Å². The fourth-order valence-electron chi connectivity index (χ4n) is 5.34. The average molecular weight is 449 g/mol. The number of hydrogen-bond donors (Lipinski definition) is 0. The molecule has 1 atom stereocenters. The van der Waals surface area contributed by atoms with Crippen molar-refractivity contribution in [1.29, 1.82) is 0 Å². The van der Waals surface area contributed by atoms with Gasteiger partial charge in [0.15, 0.2) is 0 Å². The summed E-state index contributed by atoms with van der Waals surface area (Å²) in [7, 11) is 1.87. The smallest absolute Gasteiger partial charge is 0.230 e. The van der Waals surface area contributed by atoms with Gasteiger partial charge in [-0.05, 0) is 61.8 Å². The zero-order chi connectivity index (χ0) is 23.3. The van der Waals surface area contributed by atoms with E-state index < -0.39 is 5.41 Å². The summed E-state index contributed by atoms with van der Waals surface area (Å²) in [5.41, 5.74) is 2.95. The van der Waals surface area contributed by atoms with Crippen molar-refractivity contribution >= 4 is 11.8 Å². The van der Waals surface area contributed by atoms with Crippen LogP contribution in [0.1, 0.15) is 48.8 Å². The molecule has 0 N–H and O–H groups in total. The molecule has 1 saturated heterocycles. The van der Waals surface area contributed by atoms with E-state index in [9.17, 15) is 9.59 Å². The van der Waals surface area contributed by atoms with Gasteiger partial charge in [-0.3, -0.25) is 9.59 Å². The van der Waals surface area contributed by atoms with E-state index in [0.717, 1.165) is 61.9 Å². The number of likely N-dealkylation sites (N-methyl/N-ethyl adjacent to an activating group) is 1. The molecule has 0 saturated carbocycles. The highest BCUT2D eigenvalue weighted by molar-refractivity contribution is 5.85. The SMILES string of the molecule is Cc1ccccc1CC(=O)N1CCCC2(CCCCc3ccccc3OCCN(C)C2=O)C1. The number of likely N-dealkylation sites (tertiary alicyclic amines) is 1. The van der Waals surface area contributed by atoms with E-state index in [1.807, 2.05) is 60.2 Å². The van der Waals surface area contributed by atoms with Crippen LogP contribution in [0.4, 0.5) is 0 Å². The summed E-state index contributed by atoms with van der Waals surface area (Å²) in [6.45, 7) is 4.33. The summed E-state index contributed by atoms with van der Waals surface area (Å²) in [5, 5.41) is 0. The van der Waals surface area contributed by atoms with E-state index in [2.05, 4.69) is 12.1 Å². The van der Waals surface area contributed by atoms with Gasteiger partial charge >= 0.3 is 0 Å². The van der Waals surface area contributed by atoms with Crippen molar-refractivity contribution in [3.63, 3.8) is 0 Å². The van der Waals surface area contributed by atoms with Crippen LogP contribution in [0, 0.1) is 12.3 Å². The summed E-state index contributed by atoms with van der Waals surface area (Å²) >= 11 is 0. The molecule has 0 radical (unpaired) electrons. The summed E-state index contributed by atoms with van der Waals surface area (Å²) < 4.78 is 6.03. The lowest BCUT2D eigenvalue weighted by molar-refractivity contribution is -0.149. The molecule has 4 rings (SSSR count). The van der Waals surface area contributed by atoms with E-state index in [1.165, 1.54) is 5.56 Å². The summed E-state index contributed by atoms with van der Waals surface area (Å²) in [4.78, 5) is 30.7. The minimum atomic E-state index is -0.493. The van der Waals surface area contributed by atoms with Crippen molar-refractivity contribution in [3.05, 3.63) is 65.2 Å². The Kier molecular flexibility index (Phi) is 7.36. The second kappa shape index (κ2) is 10.4. The number of nitrogens with zero attached hydrogens (tertiary/aromatic N) is 2. The van der Waals surface area contributed by atoms with Crippen LogP contribution in [0.15, 0.2) is 48.5 Å². The van der Waals surface area contributed by atoms with Crippen LogP contribution in [-0.2, 0) is 22.4 Å². The first-order valence-corrected chi connectivity index (χ1v) is 12.3. The molecule has 0 bridgehead atoms.